The summed E-state index contributed by atoms with van der Waals surface area (Å²) in [6, 6.07) is 3.07. The molecule has 0 spiro atoms. The summed E-state index contributed by atoms with van der Waals surface area (Å²) in [7, 11) is 1.61. The smallest absolute Gasteiger partial charge is 0.338 e. The molecule has 0 fully saturated rings. The van der Waals surface area contributed by atoms with Crippen LogP contribution in [-0.4, -0.2) is 35.1 Å². The Hall–Kier alpha value is -2.11. The van der Waals surface area contributed by atoms with E-state index in [1.165, 1.54) is 11.0 Å². The molecule has 2 amide bonds. The van der Waals surface area contributed by atoms with E-state index in [1.54, 1.807) is 7.05 Å². The minimum atomic E-state index is -1.34. The lowest BCUT2D eigenvalue weighted by atomic mass is 10.2. The number of hydrogen-bond donors (Lipinski definition) is 2. The number of aromatic carboxylic acids is 1. The third-order valence-corrected chi connectivity index (χ3v) is 2.55. The fourth-order valence-electron chi connectivity index (χ4n) is 1.21. The number of halogens is 1. The van der Waals surface area contributed by atoms with Gasteiger partial charge < -0.3 is 15.3 Å². The molecule has 0 aromatic heterocycles. The van der Waals surface area contributed by atoms with Crippen LogP contribution in [0.25, 0.3) is 0 Å². The zero-order chi connectivity index (χ0) is 13.9. The highest BCUT2D eigenvalue weighted by atomic mass is 19.1. The number of carboxylic acids is 1. The Bertz CT molecular complexity index is 474. The largest absolute Gasteiger partial charge is 0.478 e. The fourth-order valence-corrected chi connectivity index (χ4v) is 1.21. The van der Waals surface area contributed by atoms with Gasteiger partial charge in [0.15, 0.2) is 0 Å². The molecule has 0 aliphatic rings. The van der Waals surface area contributed by atoms with Crippen LogP contribution in [0.5, 0.6) is 0 Å². The summed E-state index contributed by atoms with van der Waals surface area (Å²) >= 11 is 0. The first-order valence-corrected chi connectivity index (χ1v) is 5.39. The Morgan fingerprint density at radius 2 is 2.00 bits per heavy atom. The van der Waals surface area contributed by atoms with Crippen molar-refractivity contribution in [1.82, 2.24) is 4.90 Å². The van der Waals surface area contributed by atoms with Crippen molar-refractivity contribution in [1.29, 1.82) is 0 Å². The maximum absolute atomic E-state index is 13.4. The van der Waals surface area contributed by atoms with Crippen molar-refractivity contribution in [3.8, 4) is 0 Å². The van der Waals surface area contributed by atoms with Gasteiger partial charge in [-0.1, -0.05) is 0 Å². The van der Waals surface area contributed by atoms with Crippen LogP contribution in [-0.2, 0) is 0 Å². The Morgan fingerprint density at radius 1 is 1.39 bits per heavy atom. The summed E-state index contributed by atoms with van der Waals surface area (Å²) in [5, 5.41) is 11.1. The number of carbonyl (C=O) groups is 2. The van der Waals surface area contributed by atoms with E-state index in [2.05, 4.69) is 5.32 Å². The summed E-state index contributed by atoms with van der Waals surface area (Å²) in [4.78, 5) is 23.7. The molecule has 18 heavy (non-hydrogen) atoms. The van der Waals surface area contributed by atoms with Crippen molar-refractivity contribution in [2.75, 3.05) is 12.4 Å². The Morgan fingerprint density at radius 3 is 2.44 bits per heavy atom. The van der Waals surface area contributed by atoms with Crippen LogP contribution in [0, 0.1) is 5.82 Å². The van der Waals surface area contributed by atoms with Gasteiger partial charge >= 0.3 is 12.0 Å². The normalized spacial score (nSPS) is 10.3. The minimum Gasteiger partial charge on any atom is -0.478 e. The molecule has 1 aromatic rings. The summed E-state index contributed by atoms with van der Waals surface area (Å²) in [6.07, 6.45) is 0. The maximum Gasteiger partial charge on any atom is 0.338 e. The molecule has 6 heteroatoms. The molecule has 0 saturated carbocycles. The van der Waals surface area contributed by atoms with E-state index in [1.807, 2.05) is 13.8 Å². The monoisotopic (exact) mass is 254 g/mol. The van der Waals surface area contributed by atoms with Crippen LogP contribution in [0.1, 0.15) is 24.2 Å². The molecule has 0 bridgehead atoms. The lowest BCUT2D eigenvalue weighted by Gasteiger charge is -2.21. The molecule has 0 aliphatic heterocycles. The number of carboxylic acid groups (broad SMARTS) is 1. The fraction of sp³-hybridized carbons (Fsp3) is 0.333. The topological polar surface area (TPSA) is 69.6 Å². The lowest BCUT2D eigenvalue weighted by molar-refractivity contribution is 0.0692. The predicted octanol–water partition coefficient (Wildman–Crippen LogP) is 2.40. The molecule has 0 unspecified atom stereocenters. The number of rotatable bonds is 3. The molecule has 0 radical (unpaired) electrons. The molecule has 0 aliphatic carbocycles. The second kappa shape index (κ2) is 5.48. The Labute approximate surface area is 104 Å². The van der Waals surface area contributed by atoms with Gasteiger partial charge in [-0.3, -0.25) is 0 Å². The average molecular weight is 254 g/mol. The minimum absolute atomic E-state index is 0.00754. The van der Waals surface area contributed by atoms with Gasteiger partial charge in [-0.25, -0.2) is 14.0 Å². The number of benzene rings is 1. The molecular weight excluding hydrogens is 239 g/mol. The van der Waals surface area contributed by atoms with Crippen molar-refractivity contribution < 1.29 is 19.1 Å². The Kier molecular flexibility index (Phi) is 4.25. The van der Waals surface area contributed by atoms with Gasteiger partial charge in [-0.2, -0.15) is 0 Å². The number of amides is 2. The molecule has 1 aromatic carbocycles. The van der Waals surface area contributed by atoms with Crippen molar-refractivity contribution in [3.05, 3.63) is 29.6 Å². The molecule has 0 saturated heterocycles. The van der Waals surface area contributed by atoms with E-state index in [9.17, 15) is 14.0 Å². The standard InChI is InChI=1S/C12H15FN2O3/c1-7(2)15(3)12(18)14-8-4-5-9(11(16)17)10(13)6-8/h4-7H,1-3H3,(H,14,18)(H,16,17). The second-order valence-corrected chi connectivity index (χ2v) is 4.13. The molecule has 98 valence electrons. The van der Waals surface area contributed by atoms with Crippen molar-refractivity contribution >= 4 is 17.7 Å². The average Bonchev–Trinajstić information content (AvgIpc) is 2.27. The number of anilines is 1. The van der Waals surface area contributed by atoms with Crippen molar-refractivity contribution in [2.45, 2.75) is 19.9 Å². The first-order chi connectivity index (χ1) is 8.32. The van der Waals surface area contributed by atoms with Crippen LogP contribution in [0.4, 0.5) is 14.9 Å². The van der Waals surface area contributed by atoms with E-state index in [0.717, 1.165) is 12.1 Å². The number of nitrogens with zero attached hydrogens (tertiary/aromatic N) is 1. The van der Waals surface area contributed by atoms with Crippen LogP contribution >= 0.6 is 0 Å². The van der Waals surface area contributed by atoms with E-state index < -0.39 is 17.3 Å². The van der Waals surface area contributed by atoms with E-state index in [-0.39, 0.29) is 17.8 Å². The number of nitrogens with one attached hydrogen (secondary N) is 1. The maximum atomic E-state index is 13.4. The highest BCUT2D eigenvalue weighted by Crippen LogP contribution is 2.15. The van der Waals surface area contributed by atoms with Gasteiger partial charge in [0.25, 0.3) is 0 Å². The summed E-state index contributed by atoms with van der Waals surface area (Å²) < 4.78 is 13.4. The SMILES string of the molecule is CC(C)N(C)C(=O)Nc1ccc(C(=O)O)c(F)c1. The number of carbonyl (C=O) groups excluding carboxylic acids is 1. The first-order valence-electron chi connectivity index (χ1n) is 5.39. The summed E-state index contributed by atoms with van der Waals surface area (Å²) in [5.74, 6) is -2.22. The van der Waals surface area contributed by atoms with Crippen molar-refractivity contribution in [2.24, 2.45) is 0 Å². The van der Waals surface area contributed by atoms with E-state index >= 15 is 0 Å². The van der Waals surface area contributed by atoms with Gasteiger partial charge in [-0.05, 0) is 32.0 Å². The molecular formula is C12H15FN2O3. The molecule has 5 nitrogen and oxygen atoms in total. The first kappa shape index (κ1) is 14.0. The van der Waals surface area contributed by atoms with Crippen LogP contribution in [0.15, 0.2) is 18.2 Å². The van der Waals surface area contributed by atoms with Crippen LogP contribution < -0.4 is 5.32 Å². The summed E-state index contributed by atoms with van der Waals surface area (Å²) in [5.41, 5.74) is -0.208. The quantitative estimate of drug-likeness (QED) is 0.870. The van der Waals surface area contributed by atoms with Crippen LogP contribution in [0.2, 0.25) is 0 Å². The van der Waals surface area contributed by atoms with Crippen molar-refractivity contribution in [3.63, 3.8) is 0 Å². The molecule has 0 atom stereocenters. The van der Waals surface area contributed by atoms with Gasteiger partial charge in [0.05, 0.1) is 5.56 Å². The zero-order valence-corrected chi connectivity index (χ0v) is 10.4. The highest BCUT2D eigenvalue weighted by Gasteiger charge is 2.14. The number of urea groups is 1. The zero-order valence-electron chi connectivity index (χ0n) is 10.4. The Balaban J connectivity index is 2.84. The van der Waals surface area contributed by atoms with Gasteiger partial charge in [-0.15, -0.1) is 0 Å². The molecule has 0 heterocycles. The highest BCUT2D eigenvalue weighted by molar-refractivity contribution is 5.91. The molecule has 2 N–H and O–H groups in total. The predicted molar refractivity (Wildman–Crippen MR) is 65.3 cm³/mol. The van der Waals surface area contributed by atoms with Gasteiger partial charge in [0.2, 0.25) is 0 Å². The lowest BCUT2D eigenvalue weighted by Crippen LogP contribution is -2.36. The van der Waals surface area contributed by atoms with E-state index in [4.69, 9.17) is 5.11 Å². The van der Waals surface area contributed by atoms with E-state index in [0.29, 0.717) is 0 Å². The number of hydrogen-bond acceptors (Lipinski definition) is 2. The van der Waals surface area contributed by atoms with Crippen LogP contribution in [0.3, 0.4) is 0 Å². The van der Waals surface area contributed by atoms with Gasteiger partial charge in [0, 0.05) is 18.8 Å². The third kappa shape index (κ3) is 3.19. The third-order valence-electron chi connectivity index (χ3n) is 2.55. The summed E-state index contributed by atoms with van der Waals surface area (Å²) in [6.45, 7) is 3.68. The molecule has 1 rings (SSSR count). The second-order valence-electron chi connectivity index (χ2n) is 4.13. The van der Waals surface area contributed by atoms with Gasteiger partial charge in [0.1, 0.15) is 5.82 Å².